The van der Waals surface area contributed by atoms with Crippen LogP contribution in [0.4, 0.5) is 10.2 Å². The van der Waals surface area contributed by atoms with Gasteiger partial charge in [0.25, 0.3) is 0 Å². The molecule has 0 saturated carbocycles. The van der Waals surface area contributed by atoms with Crippen molar-refractivity contribution in [2.75, 3.05) is 11.4 Å². The lowest BCUT2D eigenvalue weighted by molar-refractivity contribution is 0.479. The highest BCUT2D eigenvalue weighted by Crippen LogP contribution is 2.25. The van der Waals surface area contributed by atoms with E-state index in [0.717, 1.165) is 12.4 Å². The molecule has 5 nitrogen and oxygen atoms in total. The fourth-order valence-corrected chi connectivity index (χ4v) is 3.18. The predicted molar refractivity (Wildman–Crippen MR) is 86.8 cm³/mol. The number of halogens is 1. The largest absolute Gasteiger partial charge is 0.352 e. The molecule has 1 fully saturated rings. The van der Waals surface area contributed by atoms with Crippen molar-refractivity contribution in [3.05, 3.63) is 42.2 Å². The number of nitrogens with zero attached hydrogens (tertiary/aromatic N) is 5. The van der Waals surface area contributed by atoms with E-state index in [1.165, 1.54) is 25.3 Å². The molecular formula is C17H18FN5. The Hall–Kier alpha value is -2.50. The molecule has 3 heterocycles. The van der Waals surface area contributed by atoms with E-state index in [2.05, 4.69) is 27.1 Å². The minimum atomic E-state index is -0.319. The maximum atomic E-state index is 14.1. The Kier molecular flexibility index (Phi) is 3.44. The van der Waals surface area contributed by atoms with E-state index in [-0.39, 0.29) is 5.82 Å². The molecule has 23 heavy (non-hydrogen) atoms. The minimum absolute atomic E-state index is 0.319. The van der Waals surface area contributed by atoms with E-state index in [1.807, 2.05) is 12.1 Å². The van der Waals surface area contributed by atoms with Crippen molar-refractivity contribution in [3.8, 4) is 11.4 Å². The molecule has 3 aromatic rings. The van der Waals surface area contributed by atoms with E-state index in [4.69, 9.17) is 0 Å². The Morgan fingerprint density at radius 2 is 1.96 bits per heavy atom. The first-order valence-corrected chi connectivity index (χ1v) is 7.98. The molecule has 0 radical (unpaired) electrons. The van der Waals surface area contributed by atoms with E-state index in [0.29, 0.717) is 23.1 Å². The van der Waals surface area contributed by atoms with Crippen molar-refractivity contribution in [2.45, 2.75) is 32.2 Å². The summed E-state index contributed by atoms with van der Waals surface area (Å²) >= 11 is 0. The van der Waals surface area contributed by atoms with Gasteiger partial charge in [-0.1, -0.05) is 12.1 Å². The predicted octanol–water partition coefficient (Wildman–Crippen LogP) is 3.31. The van der Waals surface area contributed by atoms with Gasteiger partial charge < -0.3 is 4.90 Å². The van der Waals surface area contributed by atoms with Crippen molar-refractivity contribution < 1.29 is 4.39 Å². The van der Waals surface area contributed by atoms with Crippen LogP contribution in [0.25, 0.3) is 17.0 Å². The van der Waals surface area contributed by atoms with Gasteiger partial charge in [-0.25, -0.2) is 4.39 Å². The summed E-state index contributed by atoms with van der Waals surface area (Å²) in [5.74, 6) is 1.01. The van der Waals surface area contributed by atoms with Crippen LogP contribution in [0, 0.1) is 5.82 Å². The zero-order valence-corrected chi connectivity index (χ0v) is 13.0. The van der Waals surface area contributed by atoms with Crippen LogP contribution in [0.5, 0.6) is 0 Å². The first kappa shape index (κ1) is 14.1. The molecule has 6 heteroatoms. The molecule has 1 aliphatic heterocycles. The maximum Gasteiger partial charge on any atom is 0.188 e. The van der Waals surface area contributed by atoms with E-state index < -0.39 is 0 Å². The second-order valence-corrected chi connectivity index (χ2v) is 6.00. The maximum absolute atomic E-state index is 14.1. The average Bonchev–Trinajstić information content (AvgIpc) is 2.99. The Morgan fingerprint density at radius 1 is 1.09 bits per heavy atom. The molecule has 0 N–H and O–H groups in total. The van der Waals surface area contributed by atoms with Crippen LogP contribution in [-0.2, 0) is 0 Å². The minimum Gasteiger partial charge on any atom is -0.352 e. The number of benzene rings is 1. The van der Waals surface area contributed by atoms with Crippen LogP contribution >= 0.6 is 0 Å². The lowest BCUT2D eigenvalue weighted by Crippen LogP contribution is -2.38. The van der Waals surface area contributed by atoms with Gasteiger partial charge in [-0.15, -0.1) is 15.3 Å². The zero-order valence-electron chi connectivity index (χ0n) is 13.0. The standard InChI is InChI=1S/C17H18FN5/c1-12-6-4-5-11-22(12)16-10-9-15-19-20-17(23(15)21-16)13-7-2-3-8-14(13)18/h2-3,7-10,12H,4-6,11H2,1H3. The first-order chi connectivity index (χ1) is 11.2. The van der Waals surface area contributed by atoms with Crippen LogP contribution < -0.4 is 4.90 Å². The number of fused-ring (bicyclic) bond motifs is 1. The van der Waals surface area contributed by atoms with Gasteiger partial charge in [0.1, 0.15) is 11.6 Å². The first-order valence-electron chi connectivity index (χ1n) is 7.98. The van der Waals surface area contributed by atoms with Gasteiger partial charge in [0, 0.05) is 12.6 Å². The molecule has 4 rings (SSSR count). The molecule has 1 atom stereocenters. The van der Waals surface area contributed by atoms with Crippen molar-refractivity contribution in [3.63, 3.8) is 0 Å². The molecule has 1 saturated heterocycles. The van der Waals surface area contributed by atoms with Gasteiger partial charge in [0.05, 0.1) is 5.56 Å². The van der Waals surface area contributed by atoms with Gasteiger partial charge in [0.15, 0.2) is 11.5 Å². The van der Waals surface area contributed by atoms with Crippen LogP contribution in [0.2, 0.25) is 0 Å². The van der Waals surface area contributed by atoms with Crippen molar-refractivity contribution in [1.29, 1.82) is 0 Å². The highest BCUT2D eigenvalue weighted by Gasteiger charge is 2.21. The molecule has 1 aromatic carbocycles. The third kappa shape index (κ3) is 2.44. The van der Waals surface area contributed by atoms with Gasteiger partial charge in [0.2, 0.25) is 0 Å². The van der Waals surface area contributed by atoms with Crippen LogP contribution in [0.1, 0.15) is 26.2 Å². The average molecular weight is 311 g/mol. The number of piperidine rings is 1. The number of aromatic nitrogens is 4. The summed E-state index contributed by atoms with van der Waals surface area (Å²) in [6, 6.07) is 10.9. The number of hydrogen-bond donors (Lipinski definition) is 0. The summed E-state index contributed by atoms with van der Waals surface area (Å²) < 4.78 is 15.7. The second-order valence-electron chi connectivity index (χ2n) is 6.00. The molecule has 0 bridgehead atoms. The number of hydrogen-bond acceptors (Lipinski definition) is 4. The van der Waals surface area contributed by atoms with E-state index >= 15 is 0 Å². The Morgan fingerprint density at radius 3 is 2.78 bits per heavy atom. The van der Waals surface area contributed by atoms with E-state index in [9.17, 15) is 4.39 Å². The topological polar surface area (TPSA) is 46.3 Å². The number of anilines is 1. The van der Waals surface area contributed by atoms with Crippen molar-refractivity contribution >= 4 is 11.5 Å². The zero-order chi connectivity index (χ0) is 15.8. The summed E-state index contributed by atoms with van der Waals surface area (Å²) in [7, 11) is 0. The Labute approximate surface area is 133 Å². The normalized spacial score (nSPS) is 18.5. The molecule has 0 aliphatic carbocycles. The lowest BCUT2D eigenvalue weighted by atomic mass is 10.0. The number of rotatable bonds is 2. The highest BCUT2D eigenvalue weighted by atomic mass is 19.1. The highest BCUT2D eigenvalue weighted by molar-refractivity contribution is 5.60. The summed E-state index contributed by atoms with van der Waals surface area (Å²) in [5.41, 5.74) is 1.04. The van der Waals surface area contributed by atoms with Gasteiger partial charge in [-0.3, -0.25) is 0 Å². The second kappa shape index (κ2) is 5.61. The van der Waals surface area contributed by atoms with Crippen molar-refractivity contribution in [1.82, 2.24) is 19.8 Å². The van der Waals surface area contributed by atoms with E-state index in [1.54, 1.807) is 22.7 Å². The van der Waals surface area contributed by atoms with Crippen LogP contribution in [0.15, 0.2) is 36.4 Å². The third-order valence-corrected chi connectivity index (χ3v) is 4.46. The fourth-order valence-electron chi connectivity index (χ4n) is 3.18. The molecule has 1 aliphatic rings. The Balaban J connectivity index is 1.82. The smallest absolute Gasteiger partial charge is 0.188 e. The summed E-state index contributed by atoms with van der Waals surface area (Å²) in [5, 5.41) is 12.9. The van der Waals surface area contributed by atoms with Crippen LogP contribution in [-0.4, -0.2) is 32.4 Å². The SMILES string of the molecule is CC1CCCCN1c1ccc2nnc(-c3ccccc3F)n2n1. The van der Waals surface area contributed by atoms with Gasteiger partial charge in [-0.05, 0) is 50.5 Å². The van der Waals surface area contributed by atoms with Crippen molar-refractivity contribution in [2.24, 2.45) is 0 Å². The molecule has 118 valence electrons. The summed E-state index contributed by atoms with van der Waals surface area (Å²) in [6.07, 6.45) is 3.60. The summed E-state index contributed by atoms with van der Waals surface area (Å²) in [6.45, 7) is 3.21. The fraction of sp³-hybridized carbons (Fsp3) is 0.353. The molecule has 0 spiro atoms. The Bertz CT molecular complexity index is 844. The molecule has 1 unspecified atom stereocenters. The molecular weight excluding hydrogens is 293 g/mol. The molecule has 2 aromatic heterocycles. The van der Waals surface area contributed by atoms with Gasteiger partial charge >= 0.3 is 0 Å². The van der Waals surface area contributed by atoms with Gasteiger partial charge in [-0.2, -0.15) is 4.52 Å². The quantitative estimate of drug-likeness (QED) is 0.728. The lowest BCUT2D eigenvalue weighted by Gasteiger charge is -2.34. The third-order valence-electron chi connectivity index (χ3n) is 4.46. The summed E-state index contributed by atoms with van der Waals surface area (Å²) in [4.78, 5) is 2.30. The molecule has 0 amide bonds. The van der Waals surface area contributed by atoms with Crippen LogP contribution in [0.3, 0.4) is 0 Å². The monoisotopic (exact) mass is 311 g/mol.